The molecule has 0 unspecified atom stereocenters. The van der Waals surface area contributed by atoms with E-state index in [1.165, 1.54) is 12.2 Å². The molecule has 2 heterocycles. The van der Waals surface area contributed by atoms with E-state index < -0.39 is 0 Å². The summed E-state index contributed by atoms with van der Waals surface area (Å²) in [6, 6.07) is 7.93. The quantitative estimate of drug-likeness (QED) is 0.704. The first-order chi connectivity index (χ1) is 7.86. The highest BCUT2D eigenvalue weighted by atomic mass is 16.5. The van der Waals surface area contributed by atoms with Gasteiger partial charge in [0.25, 0.3) is 5.82 Å². The van der Waals surface area contributed by atoms with Crippen LogP contribution >= 0.6 is 0 Å². The maximum Gasteiger partial charge on any atom is 0.278 e. The fourth-order valence-corrected chi connectivity index (χ4v) is 2.05. The maximum atomic E-state index is 5.13. The van der Waals surface area contributed by atoms with Gasteiger partial charge in [-0.05, 0) is 30.7 Å². The Balaban J connectivity index is 1.95. The summed E-state index contributed by atoms with van der Waals surface area (Å²) in [6.45, 7) is 1.09. The van der Waals surface area contributed by atoms with Crippen LogP contribution in [0.4, 0.5) is 0 Å². The van der Waals surface area contributed by atoms with Gasteiger partial charge < -0.3 is 4.74 Å². The van der Waals surface area contributed by atoms with Gasteiger partial charge in [0, 0.05) is 11.5 Å². The summed E-state index contributed by atoms with van der Waals surface area (Å²) in [5, 5.41) is 4.56. The Morgan fingerprint density at radius 3 is 2.81 bits per heavy atom. The number of methoxy groups -OCH3 is 1. The third-order valence-corrected chi connectivity index (χ3v) is 2.94. The number of hydrogen-bond acceptors (Lipinski definition) is 2. The van der Waals surface area contributed by atoms with Crippen LogP contribution in [0.15, 0.2) is 30.6 Å². The summed E-state index contributed by atoms with van der Waals surface area (Å²) in [4.78, 5) is 0. The summed E-state index contributed by atoms with van der Waals surface area (Å²) >= 11 is 0. The van der Waals surface area contributed by atoms with Crippen LogP contribution in [-0.2, 0) is 13.0 Å². The Bertz CT molecular complexity index is 480. The lowest BCUT2D eigenvalue weighted by molar-refractivity contribution is -0.691. The molecular weight excluding hydrogens is 202 g/mol. The Morgan fingerprint density at radius 2 is 2.12 bits per heavy atom. The minimum atomic E-state index is 0.871. The highest BCUT2D eigenvalue weighted by molar-refractivity contribution is 5.36. The molecule has 82 valence electrons. The molecular formula is C12H14N3O+. The van der Waals surface area contributed by atoms with Crippen molar-refractivity contribution < 1.29 is 9.30 Å². The molecule has 1 aliphatic rings. The molecule has 0 spiro atoms. The van der Waals surface area contributed by atoms with Crippen LogP contribution in [0.25, 0.3) is 5.69 Å². The second-order valence-electron chi connectivity index (χ2n) is 3.97. The lowest BCUT2D eigenvalue weighted by atomic mass is 10.3. The highest BCUT2D eigenvalue weighted by Crippen LogP contribution is 2.14. The number of benzene rings is 1. The fraction of sp³-hybridized carbons (Fsp3) is 0.333. The molecule has 0 N–H and O–H groups in total. The monoisotopic (exact) mass is 216 g/mol. The molecule has 0 saturated carbocycles. The van der Waals surface area contributed by atoms with Crippen molar-refractivity contribution in [3.05, 3.63) is 36.4 Å². The van der Waals surface area contributed by atoms with Crippen molar-refractivity contribution in [1.82, 2.24) is 9.78 Å². The second kappa shape index (κ2) is 3.63. The SMILES string of the molecule is COc1ccc(-n2c[n+]3c(n2)CCC3)cc1. The number of hydrogen-bond donors (Lipinski definition) is 0. The first-order valence-electron chi connectivity index (χ1n) is 5.49. The average Bonchev–Trinajstić information content (AvgIpc) is 2.89. The summed E-state index contributed by atoms with van der Waals surface area (Å²) in [5.74, 6) is 2.05. The molecule has 2 aromatic rings. The average molecular weight is 216 g/mol. The van der Waals surface area contributed by atoms with Crippen molar-refractivity contribution in [2.45, 2.75) is 19.4 Å². The van der Waals surface area contributed by atoms with E-state index in [0.29, 0.717) is 0 Å². The minimum Gasteiger partial charge on any atom is -0.497 e. The van der Waals surface area contributed by atoms with Gasteiger partial charge in [0.1, 0.15) is 11.4 Å². The predicted molar refractivity (Wildman–Crippen MR) is 58.6 cm³/mol. The maximum absolute atomic E-state index is 5.13. The molecule has 0 bridgehead atoms. The van der Waals surface area contributed by atoms with Crippen LogP contribution in [0.1, 0.15) is 12.2 Å². The zero-order chi connectivity index (χ0) is 11.0. The van der Waals surface area contributed by atoms with E-state index in [0.717, 1.165) is 24.4 Å². The van der Waals surface area contributed by atoms with Crippen molar-refractivity contribution in [2.75, 3.05) is 7.11 Å². The molecule has 1 aromatic heterocycles. The molecule has 0 atom stereocenters. The molecule has 1 aromatic carbocycles. The van der Waals surface area contributed by atoms with Gasteiger partial charge >= 0.3 is 0 Å². The zero-order valence-corrected chi connectivity index (χ0v) is 9.26. The summed E-state index contributed by atoms with van der Waals surface area (Å²) in [6.07, 6.45) is 4.36. The molecule has 0 saturated heterocycles. The summed E-state index contributed by atoms with van der Waals surface area (Å²) < 4.78 is 9.27. The molecule has 0 amide bonds. The molecule has 0 radical (unpaired) electrons. The van der Waals surface area contributed by atoms with Crippen molar-refractivity contribution in [2.24, 2.45) is 0 Å². The van der Waals surface area contributed by atoms with E-state index in [4.69, 9.17) is 4.74 Å². The van der Waals surface area contributed by atoms with E-state index >= 15 is 0 Å². The van der Waals surface area contributed by atoms with Gasteiger partial charge in [-0.2, -0.15) is 0 Å². The smallest absolute Gasteiger partial charge is 0.278 e. The van der Waals surface area contributed by atoms with Crippen LogP contribution in [0.5, 0.6) is 5.75 Å². The Labute approximate surface area is 94.1 Å². The van der Waals surface area contributed by atoms with Gasteiger partial charge in [-0.3, -0.25) is 0 Å². The molecule has 3 rings (SSSR count). The number of aromatic nitrogens is 3. The van der Waals surface area contributed by atoms with Crippen molar-refractivity contribution in [3.8, 4) is 11.4 Å². The lowest BCUT2D eigenvalue weighted by Crippen LogP contribution is -2.29. The number of nitrogens with zero attached hydrogens (tertiary/aromatic N) is 3. The second-order valence-corrected chi connectivity index (χ2v) is 3.97. The van der Waals surface area contributed by atoms with Gasteiger partial charge in [-0.15, -0.1) is 0 Å². The van der Waals surface area contributed by atoms with E-state index in [-0.39, 0.29) is 0 Å². The third-order valence-electron chi connectivity index (χ3n) is 2.94. The van der Waals surface area contributed by atoms with Crippen molar-refractivity contribution >= 4 is 0 Å². The third kappa shape index (κ3) is 1.46. The highest BCUT2D eigenvalue weighted by Gasteiger charge is 2.22. The van der Waals surface area contributed by atoms with Gasteiger partial charge in [-0.25, -0.2) is 4.57 Å². The number of aryl methyl sites for hydroxylation is 2. The van der Waals surface area contributed by atoms with Gasteiger partial charge in [-0.1, -0.05) is 4.68 Å². The first-order valence-corrected chi connectivity index (χ1v) is 5.49. The van der Waals surface area contributed by atoms with Crippen LogP contribution < -0.4 is 9.30 Å². The molecule has 4 heteroatoms. The minimum absolute atomic E-state index is 0.871. The van der Waals surface area contributed by atoms with Crippen molar-refractivity contribution in [1.29, 1.82) is 0 Å². The van der Waals surface area contributed by atoms with Crippen LogP contribution in [0.2, 0.25) is 0 Å². The van der Waals surface area contributed by atoms with Gasteiger partial charge in [0.2, 0.25) is 6.33 Å². The standard InChI is InChI=1S/C12H14N3O/c1-16-11-6-4-10(5-7-11)15-9-14-8-2-3-12(14)13-15/h4-7,9H,2-3,8H2,1H3/q+1. The van der Waals surface area contributed by atoms with Crippen LogP contribution in [0.3, 0.4) is 0 Å². The number of rotatable bonds is 2. The fourth-order valence-electron chi connectivity index (χ4n) is 2.05. The molecule has 0 fully saturated rings. The lowest BCUT2D eigenvalue weighted by Gasteiger charge is -1.98. The molecule has 16 heavy (non-hydrogen) atoms. The summed E-state index contributed by atoms with van der Waals surface area (Å²) in [7, 11) is 1.67. The Kier molecular flexibility index (Phi) is 2.13. The largest absolute Gasteiger partial charge is 0.497 e. The van der Waals surface area contributed by atoms with Gasteiger partial charge in [0.15, 0.2) is 0 Å². The normalized spacial score (nSPS) is 13.8. The first kappa shape index (κ1) is 9.39. The predicted octanol–water partition coefficient (Wildman–Crippen LogP) is 1.11. The number of fused-ring (bicyclic) bond motifs is 1. The Hall–Kier alpha value is -1.84. The van der Waals surface area contributed by atoms with Gasteiger partial charge in [0.05, 0.1) is 13.7 Å². The summed E-state index contributed by atoms with van der Waals surface area (Å²) in [5.41, 5.74) is 1.07. The van der Waals surface area contributed by atoms with E-state index in [2.05, 4.69) is 16.0 Å². The van der Waals surface area contributed by atoms with Crippen LogP contribution in [0, 0.1) is 0 Å². The van der Waals surface area contributed by atoms with Crippen LogP contribution in [-0.4, -0.2) is 16.9 Å². The molecule has 4 nitrogen and oxygen atoms in total. The molecule has 0 aliphatic carbocycles. The topological polar surface area (TPSA) is 30.9 Å². The molecule has 1 aliphatic heterocycles. The number of ether oxygens (including phenoxy) is 1. The van der Waals surface area contributed by atoms with E-state index in [1.807, 2.05) is 28.9 Å². The van der Waals surface area contributed by atoms with Crippen molar-refractivity contribution in [3.63, 3.8) is 0 Å². The zero-order valence-electron chi connectivity index (χ0n) is 9.26. The van der Waals surface area contributed by atoms with E-state index in [9.17, 15) is 0 Å². The Morgan fingerprint density at radius 1 is 1.31 bits per heavy atom. The van der Waals surface area contributed by atoms with E-state index in [1.54, 1.807) is 7.11 Å².